The van der Waals surface area contributed by atoms with Crippen molar-refractivity contribution in [2.75, 3.05) is 0 Å². The Morgan fingerprint density at radius 3 is 2.63 bits per heavy atom. The van der Waals surface area contributed by atoms with Gasteiger partial charge in [0.2, 0.25) is 0 Å². The summed E-state index contributed by atoms with van der Waals surface area (Å²) in [6, 6.07) is 14.4. The Morgan fingerprint density at radius 2 is 1.92 bits per heavy atom. The smallest absolute Gasteiger partial charge is 0.337 e. The van der Waals surface area contributed by atoms with E-state index in [1.165, 1.54) is 10.6 Å². The summed E-state index contributed by atoms with van der Waals surface area (Å²) in [6.07, 6.45) is 7.63. The molecule has 0 aliphatic heterocycles. The van der Waals surface area contributed by atoms with Gasteiger partial charge in [-0.25, -0.2) is 14.7 Å². The van der Waals surface area contributed by atoms with Crippen LogP contribution >= 0.6 is 11.6 Å². The minimum Gasteiger partial charge on any atom is -0.478 e. The zero-order valence-corrected chi connectivity index (χ0v) is 21.3. The molecule has 2 aromatic carbocycles. The predicted molar refractivity (Wildman–Crippen MR) is 143 cm³/mol. The highest BCUT2D eigenvalue weighted by Gasteiger charge is 2.20. The number of unbranched alkanes of at least 4 members (excludes halogenated alkanes) is 1. The Balaban J connectivity index is 1.51. The van der Waals surface area contributed by atoms with Crippen molar-refractivity contribution in [3.8, 4) is 28.2 Å². The number of nitrogens with zero attached hydrogens (tertiary/aromatic N) is 6. The molecule has 0 spiro atoms. The van der Waals surface area contributed by atoms with E-state index in [-0.39, 0.29) is 22.0 Å². The summed E-state index contributed by atoms with van der Waals surface area (Å²) in [5.41, 5.74) is 4.16. The average Bonchev–Trinajstić information content (AvgIpc) is 3.57. The molecule has 0 radical (unpaired) electrons. The van der Waals surface area contributed by atoms with Crippen LogP contribution in [-0.2, 0) is 13.0 Å². The lowest BCUT2D eigenvalue weighted by atomic mass is 10.00. The van der Waals surface area contributed by atoms with E-state index >= 15 is 0 Å². The Bertz CT molecular complexity index is 1640. The molecule has 192 valence electrons. The number of aromatic amines is 1. The maximum atomic E-state index is 13.6. The third-order valence-corrected chi connectivity index (χ3v) is 6.64. The highest BCUT2D eigenvalue weighted by Crippen LogP contribution is 2.29. The zero-order chi connectivity index (χ0) is 26.6. The molecule has 38 heavy (non-hydrogen) atoms. The summed E-state index contributed by atoms with van der Waals surface area (Å²) < 4.78 is 3.03. The molecule has 0 bridgehead atoms. The van der Waals surface area contributed by atoms with Crippen molar-refractivity contribution in [1.82, 2.24) is 34.7 Å². The number of imidazole rings is 1. The van der Waals surface area contributed by atoms with E-state index in [0.29, 0.717) is 18.8 Å². The van der Waals surface area contributed by atoms with E-state index in [4.69, 9.17) is 11.6 Å². The van der Waals surface area contributed by atoms with Crippen molar-refractivity contribution < 1.29 is 9.90 Å². The maximum absolute atomic E-state index is 13.6. The molecule has 0 aliphatic carbocycles. The van der Waals surface area contributed by atoms with Gasteiger partial charge in [0.1, 0.15) is 0 Å². The van der Waals surface area contributed by atoms with Crippen LogP contribution < -0.4 is 5.69 Å². The zero-order valence-electron chi connectivity index (χ0n) is 20.5. The van der Waals surface area contributed by atoms with Crippen LogP contribution in [0.15, 0.2) is 71.9 Å². The van der Waals surface area contributed by atoms with Crippen LogP contribution in [0.5, 0.6) is 0 Å². The van der Waals surface area contributed by atoms with Crippen LogP contribution in [0.4, 0.5) is 0 Å². The highest BCUT2D eigenvalue weighted by molar-refractivity contribution is 6.33. The van der Waals surface area contributed by atoms with E-state index in [9.17, 15) is 14.7 Å². The Labute approximate surface area is 222 Å². The van der Waals surface area contributed by atoms with Gasteiger partial charge in [0.05, 0.1) is 22.8 Å². The maximum Gasteiger partial charge on any atom is 0.337 e. The molecule has 0 amide bonds. The molecular weight excluding hydrogens is 506 g/mol. The van der Waals surface area contributed by atoms with Gasteiger partial charge in [0, 0.05) is 29.8 Å². The number of benzene rings is 2. The number of hydrogen-bond donors (Lipinski definition) is 2. The van der Waals surface area contributed by atoms with Crippen LogP contribution in [0.2, 0.25) is 5.02 Å². The van der Waals surface area contributed by atoms with E-state index < -0.39 is 5.97 Å². The minimum atomic E-state index is -1.15. The number of pyridine rings is 1. The summed E-state index contributed by atoms with van der Waals surface area (Å²) >= 11 is 6.38. The van der Waals surface area contributed by atoms with Crippen molar-refractivity contribution in [3.63, 3.8) is 0 Å². The lowest BCUT2D eigenvalue weighted by molar-refractivity contribution is 0.0697. The van der Waals surface area contributed by atoms with Gasteiger partial charge in [0.15, 0.2) is 5.82 Å². The van der Waals surface area contributed by atoms with Crippen LogP contribution in [0, 0.1) is 0 Å². The molecule has 0 atom stereocenters. The lowest BCUT2D eigenvalue weighted by Gasteiger charge is -2.10. The number of hydrogen-bond acceptors (Lipinski definition) is 6. The van der Waals surface area contributed by atoms with Gasteiger partial charge in [0.25, 0.3) is 0 Å². The van der Waals surface area contributed by atoms with Gasteiger partial charge in [-0.2, -0.15) is 0 Å². The van der Waals surface area contributed by atoms with Gasteiger partial charge in [-0.15, -0.1) is 5.10 Å². The summed E-state index contributed by atoms with van der Waals surface area (Å²) in [7, 11) is 0. The second-order valence-corrected chi connectivity index (χ2v) is 9.18. The van der Waals surface area contributed by atoms with Gasteiger partial charge in [-0.1, -0.05) is 55.3 Å². The molecule has 0 aliphatic rings. The van der Waals surface area contributed by atoms with Gasteiger partial charge < -0.3 is 5.11 Å². The second-order valence-electron chi connectivity index (χ2n) is 8.77. The average molecular weight is 530 g/mol. The van der Waals surface area contributed by atoms with Crippen molar-refractivity contribution in [2.24, 2.45) is 0 Å². The molecule has 10 nitrogen and oxygen atoms in total. The summed E-state index contributed by atoms with van der Waals surface area (Å²) in [5.74, 6) is -0.629. The molecule has 0 unspecified atom stereocenters. The lowest BCUT2D eigenvalue weighted by Crippen LogP contribution is -2.26. The quantitative estimate of drug-likeness (QED) is 0.284. The third kappa shape index (κ3) is 4.85. The second kappa shape index (κ2) is 10.8. The third-order valence-electron chi connectivity index (χ3n) is 6.33. The number of carboxylic acids is 1. The number of tetrazole rings is 1. The fourth-order valence-electron chi connectivity index (χ4n) is 4.43. The van der Waals surface area contributed by atoms with Crippen molar-refractivity contribution >= 4 is 17.6 Å². The van der Waals surface area contributed by atoms with Crippen LogP contribution in [0.25, 0.3) is 28.2 Å². The molecular formula is C27H24ClN7O3. The fourth-order valence-corrected chi connectivity index (χ4v) is 4.69. The number of aromatic carboxylic acids is 1. The molecule has 3 heterocycles. The van der Waals surface area contributed by atoms with Crippen LogP contribution in [0.1, 0.15) is 41.4 Å². The normalized spacial score (nSPS) is 11.1. The molecule has 0 saturated heterocycles. The molecule has 3 aromatic heterocycles. The van der Waals surface area contributed by atoms with Gasteiger partial charge >= 0.3 is 11.7 Å². The summed E-state index contributed by atoms with van der Waals surface area (Å²) in [5, 5.41) is 24.0. The van der Waals surface area contributed by atoms with Gasteiger partial charge in [-0.05, 0) is 58.2 Å². The summed E-state index contributed by atoms with van der Waals surface area (Å²) in [6.45, 7) is 2.41. The first kappa shape index (κ1) is 25.1. The number of carbonyl (C=O) groups is 1. The topological polar surface area (TPSA) is 132 Å². The predicted octanol–water partition coefficient (Wildman–Crippen LogP) is 4.62. The monoisotopic (exact) mass is 529 g/mol. The van der Waals surface area contributed by atoms with E-state index in [1.54, 1.807) is 35.3 Å². The molecule has 11 heteroatoms. The summed E-state index contributed by atoms with van der Waals surface area (Å²) in [4.78, 5) is 29.7. The highest BCUT2D eigenvalue weighted by atomic mass is 35.5. The molecule has 0 saturated carbocycles. The first-order chi connectivity index (χ1) is 18.5. The molecule has 5 aromatic rings. The molecule has 2 N–H and O–H groups in total. The van der Waals surface area contributed by atoms with Crippen LogP contribution in [0.3, 0.4) is 0 Å². The number of aromatic nitrogens is 7. The Kier molecular flexibility index (Phi) is 7.14. The molecule has 5 rings (SSSR count). The first-order valence-corrected chi connectivity index (χ1v) is 12.5. The first-order valence-electron chi connectivity index (χ1n) is 12.1. The van der Waals surface area contributed by atoms with Crippen molar-refractivity contribution in [1.29, 1.82) is 0 Å². The van der Waals surface area contributed by atoms with E-state index in [2.05, 4.69) is 32.5 Å². The Morgan fingerprint density at radius 1 is 1.11 bits per heavy atom. The van der Waals surface area contributed by atoms with Crippen molar-refractivity contribution in [2.45, 2.75) is 32.7 Å². The number of H-pyrrole nitrogens is 1. The number of carboxylic acid groups (broad SMARTS) is 1. The standard InChI is InChI=1S/C27H24ClN7O3/c1-2-3-5-19-16-35(24-21(26(36)37)6-4-7-23(24)28)27(38)34(19)15-17-8-10-18(11-9-17)20-12-13-29-14-22(20)25-30-32-33-31-25/h4,6-14,16H,2-3,5,15H2,1H3,(H,36,37)(H,30,31,32,33). The number of nitrogens with one attached hydrogen (secondary N) is 1. The van der Waals surface area contributed by atoms with E-state index in [1.807, 2.05) is 30.3 Å². The van der Waals surface area contributed by atoms with Gasteiger partial charge in [-0.3, -0.25) is 14.1 Å². The van der Waals surface area contributed by atoms with Crippen LogP contribution in [-0.4, -0.2) is 45.8 Å². The SMILES string of the molecule is CCCCc1cn(-c2c(Cl)cccc2C(=O)O)c(=O)n1Cc1ccc(-c2ccncc2-c2nnn[nH]2)cc1. The fraction of sp³-hybridized carbons (Fsp3) is 0.185. The largest absolute Gasteiger partial charge is 0.478 e. The Hall–Kier alpha value is -4.57. The van der Waals surface area contributed by atoms with E-state index in [0.717, 1.165) is 40.8 Å². The minimum absolute atomic E-state index is 0.0294. The number of rotatable bonds is 9. The molecule has 0 fully saturated rings. The number of halogens is 1. The number of aryl methyl sites for hydroxylation is 1. The number of para-hydroxylation sites is 1. The van der Waals surface area contributed by atoms with Crippen molar-refractivity contribution in [3.05, 3.63) is 99.4 Å².